The average molecular weight is 492 g/mol. The lowest BCUT2D eigenvalue weighted by molar-refractivity contribution is 0.481. The third-order valence-corrected chi connectivity index (χ3v) is 6.85. The summed E-state index contributed by atoms with van der Waals surface area (Å²) in [5.41, 5.74) is -1.31. The topological polar surface area (TPSA) is 179 Å². The normalized spacial score (nSPS) is 12.5. The predicted molar refractivity (Wildman–Crippen MR) is 116 cm³/mol. The Hall–Kier alpha value is -3.46. The van der Waals surface area contributed by atoms with E-state index in [0.717, 1.165) is 13.1 Å². The number of hydrogen-bond donors (Lipinski definition) is 2. The molecular formula is C19H16N4O8S2. The van der Waals surface area contributed by atoms with E-state index >= 15 is 0 Å². The molecule has 12 nitrogen and oxygen atoms in total. The molecule has 2 aliphatic rings. The molecule has 0 atom stereocenters. The summed E-state index contributed by atoms with van der Waals surface area (Å²) in [5.74, 6) is -0.262. The maximum absolute atomic E-state index is 12.8. The standard InChI is InChI=1S/C19H16N4O8S2/c1-9-5-4-6-10(2)16(9)23-12-7-11(32(26,27)28)8-13(33(29,30)31)14(12)20-15-17(23)21-19(25)22(3)18(15)24/h4-8H,1-3H3,(H,26,27,28)(H,29,30,31). The van der Waals surface area contributed by atoms with Crippen molar-refractivity contribution >= 4 is 31.3 Å². The van der Waals surface area contributed by atoms with Gasteiger partial charge in [0, 0.05) is 7.05 Å². The first-order chi connectivity index (χ1) is 15.2. The number of aromatic nitrogens is 4. The number of hydrogen-bond acceptors (Lipinski definition) is 8. The van der Waals surface area contributed by atoms with E-state index in [-0.39, 0.29) is 11.3 Å². The van der Waals surface area contributed by atoms with Crippen LogP contribution in [0.5, 0.6) is 0 Å². The summed E-state index contributed by atoms with van der Waals surface area (Å²) in [4.78, 5) is 31.3. The van der Waals surface area contributed by atoms with Gasteiger partial charge < -0.3 is 0 Å². The maximum Gasteiger partial charge on any atom is 0.352 e. The summed E-state index contributed by atoms with van der Waals surface area (Å²) < 4.78 is 69.3. The Morgan fingerprint density at radius 1 is 0.909 bits per heavy atom. The van der Waals surface area contributed by atoms with Gasteiger partial charge in [0.1, 0.15) is 10.4 Å². The highest BCUT2D eigenvalue weighted by atomic mass is 32.2. The van der Waals surface area contributed by atoms with Crippen LogP contribution in [0.2, 0.25) is 0 Å². The van der Waals surface area contributed by atoms with E-state index in [1.807, 2.05) is 0 Å². The largest absolute Gasteiger partial charge is 0.352 e. The molecule has 33 heavy (non-hydrogen) atoms. The van der Waals surface area contributed by atoms with Gasteiger partial charge in [0.15, 0.2) is 11.5 Å². The lowest BCUT2D eigenvalue weighted by atomic mass is 10.1. The molecule has 0 fully saturated rings. The Bertz CT molecular complexity index is 1770. The first-order valence-corrected chi connectivity index (χ1v) is 12.1. The second kappa shape index (κ2) is 7.28. The van der Waals surface area contributed by atoms with Crippen molar-refractivity contribution in [2.75, 3.05) is 0 Å². The van der Waals surface area contributed by atoms with Gasteiger partial charge in [-0.05, 0) is 37.1 Å². The minimum absolute atomic E-state index is 0.234. The van der Waals surface area contributed by atoms with Gasteiger partial charge in [-0.3, -0.25) is 23.0 Å². The van der Waals surface area contributed by atoms with Crippen LogP contribution in [-0.2, 0) is 27.3 Å². The minimum atomic E-state index is -5.07. The summed E-state index contributed by atoms with van der Waals surface area (Å²) in [6.45, 7) is 3.39. The van der Waals surface area contributed by atoms with Crippen molar-refractivity contribution in [3.05, 3.63) is 62.3 Å². The van der Waals surface area contributed by atoms with Gasteiger partial charge in [0.25, 0.3) is 25.8 Å². The molecule has 0 spiro atoms. The van der Waals surface area contributed by atoms with Crippen LogP contribution in [0.3, 0.4) is 0 Å². The molecule has 0 radical (unpaired) electrons. The van der Waals surface area contributed by atoms with Crippen molar-refractivity contribution in [1.82, 2.24) is 19.1 Å². The number of benzene rings is 2. The minimum Gasteiger partial charge on any atom is -0.290 e. The van der Waals surface area contributed by atoms with Gasteiger partial charge in [0.2, 0.25) is 0 Å². The molecule has 0 saturated heterocycles. The first kappa shape index (κ1) is 22.7. The Morgan fingerprint density at radius 3 is 2.06 bits per heavy atom. The van der Waals surface area contributed by atoms with Crippen LogP contribution in [0.1, 0.15) is 11.1 Å². The van der Waals surface area contributed by atoms with Crippen LogP contribution < -0.4 is 11.2 Å². The van der Waals surface area contributed by atoms with Crippen LogP contribution in [0.25, 0.3) is 28.2 Å². The smallest absolute Gasteiger partial charge is 0.290 e. The molecule has 0 unspecified atom stereocenters. The van der Waals surface area contributed by atoms with Gasteiger partial charge in [-0.1, -0.05) is 18.2 Å². The van der Waals surface area contributed by atoms with Crippen molar-refractivity contribution in [2.24, 2.45) is 7.05 Å². The predicted octanol–water partition coefficient (Wildman–Crippen LogP) is 0.694. The van der Waals surface area contributed by atoms with Crippen molar-refractivity contribution in [3.63, 3.8) is 0 Å². The fourth-order valence-electron chi connectivity index (χ4n) is 3.62. The molecule has 0 aromatic heterocycles. The molecule has 14 heteroatoms. The van der Waals surface area contributed by atoms with E-state index in [9.17, 15) is 35.5 Å². The molecule has 0 bridgehead atoms. The van der Waals surface area contributed by atoms with Gasteiger partial charge in [-0.15, -0.1) is 0 Å². The molecule has 2 aromatic carbocycles. The molecule has 0 aliphatic carbocycles. The zero-order valence-corrected chi connectivity index (χ0v) is 19.0. The molecule has 2 N–H and O–H groups in total. The molecule has 172 valence electrons. The Morgan fingerprint density at radius 2 is 1.52 bits per heavy atom. The Labute approximate surface area is 186 Å². The monoisotopic (exact) mass is 492 g/mol. The van der Waals surface area contributed by atoms with Gasteiger partial charge in [-0.25, -0.2) is 9.78 Å². The summed E-state index contributed by atoms with van der Waals surface area (Å²) in [6, 6.07) is 6.58. The van der Waals surface area contributed by atoms with Crippen LogP contribution in [-0.4, -0.2) is 45.0 Å². The van der Waals surface area contributed by atoms with Crippen molar-refractivity contribution in [2.45, 2.75) is 23.6 Å². The van der Waals surface area contributed by atoms with E-state index in [4.69, 9.17) is 0 Å². The SMILES string of the molecule is Cc1cccc(C)c1-n1c2nc(=O)n(C)c(=O)c-2nc2c(S(=O)(=O)O)cc(S(=O)(=O)O)cc21. The summed E-state index contributed by atoms with van der Waals surface area (Å²) in [5, 5.41) is 0. The molecule has 2 heterocycles. The highest BCUT2D eigenvalue weighted by Crippen LogP contribution is 2.33. The van der Waals surface area contributed by atoms with E-state index in [1.54, 1.807) is 32.0 Å². The first-order valence-electron chi connectivity index (χ1n) is 9.21. The number of para-hydroxylation sites is 1. The number of nitrogens with zero attached hydrogens (tertiary/aromatic N) is 4. The fourth-order valence-corrected chi connectivity index (χ4v) is 4.89. The lowest BCUT2D eigenvalue weighted by Gasteiger charge is -2.21. The number of rotatable bonds is 3. The molecule has 4 rings (SSSR count). The summed E-state index contributed by atoms with van der Waals surface area (Å²) in [7, 11) is -8.85. The van der Waals surface area contributed by atoms with E-state index in [0.29, 0.717) is 27.4 Å². The van der Waals surface area contributed by atoms with Crippen molar-refractivity contribution in [1.29, 1.82) is 0 Å². The van der Waals surface area contributed by atoms with Crippen LogP contribution >= 0.6 is 0 Å². The fraction of sp³-hybridized carbons (Fsp3) is 0.158. The Balaban J connectivity index is 2.46. The van der Waals surface area contributed by atoms with Crippen LogP contribution in [0.15, 0.2) is 49.7 Å². The van der Waals surface area contributed by atoms with Crippen molar-refractivity contribution in [3.8, 4) is 17.2 Å². The number of aryl methyl sites for hydroxylation is 2. The Kier molecular flexibility index (Phi) is 5.01. The lowest BCUT2D eigenvalue weighted by Crippen LogP contribution is -2.36. The summed E-state index contributed by atoms with van der Waals surface area (Å²) in [6.07, 6.45) is 0. The maximum atomic E-state index is 12.8. The van der Waals surface area contributed by atoms with Gasteiger partial charge in [0.05, 0.1) is 16.1 Å². The van der Waals surface area contributed by atoms with E-state index < -0.39 is 52.5 Å². The van der Waals surface area contributed by atoms with Crippen LogP contribution in [0, 0.1) is 13.8 Å². The number of fused-ring (bicyclic) bond motifs is 2. The zero-order chi connectivity index (χ0) is 24.5. The highest BCUT2D eigenvalue weighted by Gasteiger charge is 2.29. The third-order valence-electron chi connectivity index (χ3n) is 5.15. The van der Waals surface area contributed by atoms with Gasteiger partial charge >= 0.3 is 5.69 Å². The molecule has 0 amide bonds. The summed E-state index contributed by atoms with van der Waals surface area (Å²) >= 11 is 0. The van der Waals surface area contributed by atoms with E-state index in [2.05, 4.69) is 9.97 Å². The molecule has 2 aliphatic heterocycles. The molecule has 2 aromatic rings. The van der Waals surface area contributed by atoms with Crippen LogP contribution in [0.4, 0.5) is 0 Å². The van der Waals surface area contributed by atoms with Crippen molar-refractivity contribution < 1.29 is 25.9 Å². The average Bonchev–Trinajstić information content (AvgIpc) is 2.70. The molecule has 0 saturated carbocycles. The quantitative estimate of drug-likeness (QED) is 0.305. The second-order valence-corrected chi connectivity index (χ2v) is 10.2. The van der Waals surface area contributed by atoms with E-state index in [1.165, 1.54) is 4.57 Å². The third kappa shape index (κ3) is 3.62. The van der Waals surface area contributed by atoms with Gasteiger partial charge in [-0.2, -0.15) is 21.8 Å². The highest BCUT2D eigenvalue weighted by molar-refractivity contribution is 7.86. The molecular weight excluding hydrogens is 476 g/mol. The second-order valence-electron chi connectivity index (χ2n) is 7.36. The zero-order valence-electron chi connectivity index (χ0n) is 17.3.